The minimum absolute atomic E-state index is 0.0482. The van der Waals surface area contributed by atoms with E-state index in [9.17, 15) is 13.2 Å². The number of alkyl halides is 3. The molecule has 2 atom stereocenters. The smallest absolute Gasteiger partial charge is 0.311 e. The molecule has 1 aromatic carbocycles. The number of halogens is 3. The number of benzene rings is 1. The molecule has 0 heterocycles. The maximum Gasteiger partial charge on any atom is 0.391 e. The van der Waals surface area contributed by atoms with Crippen LogP contribution in [0.25, 0.3) is 0 Å². The second-order valence-electron chi connectivity index (χ2n) is 6.54. The van der Waals surface area contributed by atoms with Crippen LogP contribution in [0.1, 0.15) is 50.0 Å². The van der Waals surface area contributed by atoms with Crippen LogP contribution in [0.5, 0.6) is 0 Å². The molecule has 2 fully saturated rings. The number of rotatable bonds is 3. The highest BCUT2D eigenvalue weighted by Crippen LogP contribution is 2.40. The van der Waals surface area contributed by atoms with Gasteiger partial charge in [-0.1, -0.05) is 36.8 Å². The van der Waals surface area contributed by atoms with Crippen molar-refractivity contribution in [1.29, 1.82) is 0 Å². The van der Waals surface area contributed by atoms with Gasteiger partial charge in [-0.05, 0) is 43.6 Å². The topological polar surface area (TPSA) is 12.0 Å². The summed E-state index contributed by atoms with van der Waals surface area (Å²) >= 11 is 0. The van der Waals surface area contributed by atoms with Crippen molar-refractivity contribution in [2.45, 2.75) is 62.7 Å². The van der Waals surface area contributed by atoms with Crippen molar-refractivity contribution in [2.24, 2.45) is 5.92 Å². The Morgan fingerprint density at radius 1 is 0.905 bits per heavy atom. The lowest BCUT2D eigenvalue weighted by molar-refractivity contribution is -0.184. The number of hydrogen-bond donors (Lipinski definition) is 1. The first-order chi connectivity index (χ1) is 10.0. The summed E-state index contributed by atoms with van der Waals surface area (Å²) in [5.41, 5.74) is 1.35. The fourth-order valence-electron chi connectivity index (χ4n) is 3.72. The summed E-state index contributed by atoms with van der Waals surface area (Å²) in [7, 11) is 0. The van der Waals surface area contributed by atoms with Gasteiger partial charge in [0.1, 0.15) is 0 Å². The van der Waals surface area contributed by atoms with Gasteiger partial charge in [0.05, 0.1) is 5.92 Å². The SMILES string of the molecule is FC(F)(F)C1CCCC(NC2CC(c3ccccc3)C2)C1. The summed E-state index contributed by atoms with van der Waals surface area (Å²) in [6.45, 7) is 0. The van der Waals surface area contributed by atoms with Crippen molar-refractivity contribution in [3.8, 4) is 0 Å². The summed E-state index contributed by atoms with van der Waals surface area (Å²) in [6.07, 6.45) is 0.228. The summed E-state index contributed by atoms with van der Waals surface area (Å²) in [5, 5.41) is 3.46. The molecule has 0 aromatic heterocycles. The van der Waals surface area contributed by atoms with E-state index in [0.29, 0.717) is 24.8 Å². The molecule has 2 aliphatic carbocycles. The van der Waals surface area contributed by atoms with Crippen LogP contribution in [0.4, 0.5) is 13.2 Å². The Labute approximate surface area is 123 Å². The average molecular weight is 297 g/mol. The van der Waals surface area contributed by atoms with Gasteiger partial charge in [-0.3, -0.25) is 0 Å². The van der Waals surface area contributed by atoms with Crippen LogP contribution in [-0.4, -0.2) is 18.3 Å². The van der Waals surface area contributed by atoms with E-state index in [-0.39, 0.29) is 12.5 Å². The molecule has 1 aromatic rings. The van der Waals surface area contributed by atoms with Crippen LogP contribution in [0.3, 0.4) is 0 Å². The lowest BCUT2D eigenvalue weighted by atomic mass is 9.75. The van der Waals surface area contributed by atoms with Gasteiger partial charge in [0.2, 0.25) is 0 Å². The lowest BCUT2D eigenvalue weighted by Gasteiger charge is -2.41. The fourth-order valence-corrected chi connectivity index (χ4v) is 3.72. The first kappa shape index (κ1) is 14.9. The maximum absolute atomic E-state index is 12.8. The zero-order valence-corrected chi connectivity index (χ0v) is 12.1. The maximum atomic E-state index is 12.8. The minimum Gasteiger partial charge on any atom is -0.311 e. The second kappa shape index (κ2) is 5.99. The Morgan fingerprint density at radius 3 is 2.29 bits per heavy atom. The molecule has 2 unspecified atom stereocenters. The highest BCUT2D eigenvalue weighted by atomic mass is 19.4. The minimum atomic E-state index is -4.02. The van der Waals surface area contributed by atoms with Crippen molar-refractivity contribution in [2.75, 3.05) is 0 Å². The fraction of sp³-hybridized carbons (Fsp3) is 0.647. The first-order valence-electron chi connectivity index (χ1n) is 7.90. The molecule has 0 saturated heterocycles. The zero-order chi connectivity index (χ0) is 14.9. The zero-order valence-electron chi connectivity index (χ0n) is 12.1. The molecule has 3 rings (SSSR count). The van der Waals surface area contributed by atoms with Crippen molar-refractivity contribution in [3.05, 3.63) is 35.9 Å². The number of hydrogen-bond acceptors (Lipinski definition) is 1. The van der Waals surface area contributed by atoms with Gasteiger partial charge in [0.25, 0.3) is 0 Å². The second-order valence-corrected chi connectivity index (χ2v) is 6.54. The lowest BCUT2D eigenvalue weighted by Crippen LogP contribution is -2.48. The largest absolute Gasteiger partial charge is 0.391 e. The Bertz CT molecular complexity index is 451. The Kier molecular flexibility index (Phi) is 4.25. The Morgan fingerprint density at radius 2 is 1.62 bits per heavy atom. The normalized spacial score (nSPS) is 33.5. The Balaban J connectivity index is 1.46. The molecule has 1 nitrogen and oxygen atoms in total. The van der Waals surface area contributed by atoms with E-state index in [4.69, 9.17) is 0 Å². The summed E-state index contributed by atoms with van der Waals surface area (Å²) in [6, 6.07) is 10.8. The predicted molar refractivity (Wildman–Crippen MR) is 77.1 cm³/mol. The number of nitrogens with one attached hydrogen (secondary N) is 1. The van der Waals surface area contributed by atoms with Gasteiger partial charge >= 0.3 is 6.18 Å². The van der Waals surface area contributed by atoms with Gasteiger partial charge in [0, 0.05) is 12.1 Å². The average Bonchev–Trinajstić information content (AvgIpc) is 2.43. The van der Waals surface area contributed by atoms with Crippen molar-refractivity contribution in [1.82, 2.24) is 5.32 Å². The van der Waals surface area contributed by atoms with Crippen LogP contribution in [0, 0.1) is 5.92 Å². The highest BCUT2D eigenvalue weighted by Gasteiger charge is 2.43. The first-order valence-corrected chi connectivity index (χ1v) is 7.90. The van der Waals surface area contributed by atoms with E-state index in [0.717, 1.165) is 19.3 Å². The molecule has 0 bridgehead atoms. The molecule has 0 aliphatic heterocycles. The molecule has 2 saturated carbocycles. The van der Waals surface area contributed by atoms with Crippen LogP contribution < -0.4 is 5.32 Å². The van der Waals surface area contributed by atoms with Gasteiger partial charge in [-0.25, -0.2) is 0 Å². The quantitative estimate of drug-likeness (QED) is 0.856. The molecular weight excluding hydrogens is 275 g/mol. The molecular formula is C17H22F3N. The predicted octanol–water partition coefficient (Wildman–Crippen LogP) is 4.64. The van der Waals surface area contributed by atoms with Crippen LogP contribution >= 0.6 is 0 Å². The van der Waals surface area contributed by atoms with Crippen LogP contribution in [0.15, 0.2) is 30.3 Å². The van der Waals surface area contributed by atoms with E-state index < -0.39 is 12.1 Å². The molecule has 0 radical (unpaired) electrons. The van der Waals surface area contributed by atoms with E-state index in [1.807, 2.05) is 18.2 Å². The van der Waals surface area contributed by atoms with E-state index in [2.05, 4.69) is 17.4 Å². The monoisotopic (exact) mass is 297 g/mol. The summed E-state index contributed by atoms with van der Waals surface area (Å²) in [5.74, 6) is -0.528. The van der Waals surface area contributed by atoms with Gasteiger partial charge < -0.3 is 5.32 Å². The van der Waals surface area contributed by atoms with Gasteiger partial charge in [-0.15, -0.1) is 0 Å². The molecule has 21 heavy (non-hydrogen) atoms. The molecule has 116 valence electrons. The van der Waals surface area contributed by atoms with Crippen LogP contribution in [0.2, 0.25) is 0 Å². The summed E-state index contributed by atoms with van der Waals surface area (Å²) in [4.78, 5) is 0. The van der Waals surface area contributed by atoms with E-state index in [1.54, 1.807) is 0 Å². The van der Waals surface area contributed by atoms with Gasteiger partial charge in [0.15, 0.2) is 0 Å². The third-order valence-corrected chi connectivity index (χ3v) is 5.02. The molecule has 0 amide bonds. The van der Waals surface area contributed by atoms with Crippen molar-refractivity contribution in [3.63, 3.8) is 0 Å². The highest BCUT2D eigenvalue weighted by molar-refractivity contribution is 5.22. The van der Waals surface area contributed by atoms with E-state index in [1.165, 1.54) is 5.56 Å². The van der Waals surface area contributed by atoms with Crippen LogP contribution in [-0.2, 0) is 0 Å². The summed E-state index contributed by atoms with van der Waals surface area (Å²) < 4.78 is 38.4. The third-order valence-electron chi connectivity index (χ3n) is 5.02. The van der Waals surface area contributed by atoms with Crippen molar-refractivity contribution >= 4 is 0 Å². The Hall–Kier alpha value is -1.03. The van der Waals surface area contributed by atoms with Crippen molar-refractivity contribution < 1.29 is 13.2 Å². The van der Waals surface area contributed by atoms with Gasteiger partial charge in [-0.2, -0.15) is 13.2 Å². The molecule has 2 aliphatic rings. The molecule has 4 heteroatoms. The molecule has 0 spiro atoms. The third kappa shape index (κ3) is 3.60. The van der Waals surface area contributed by atoms with E-state index >= 15 is 0 Å². The molecule has 1 N–H and O–H groups in total. The standard InChI is InChI=1S/C17H22F3N/c18-17(19,20)14-7-4-8-15(11-14)21-16-9-13(10-16)12-5-2-1-3-6-12/h1-3,5-6,13-16,21H,4,7-11H2.